The molecule has 0 radical (unpaired) electrons. The van der Waals surface area contributed by atoms with E-state index in [0.29, 0.717) is 16.4 Å². The SMILES string of the molecule is CN1CCc2c(c3cc(F)ccc3n2CCNC23CC4CC(C)(CC(C)(C4)C2)C3)C1.Cl.Cl. The van der Waals surface area contributed by atoms with E-state index in [1.165, 1.54) is 55.3 Å². The van der Waals surface area contributed by atoms with E-state index >= 15 is 0 Å². The Hall–Kier alpha value is -0.810. The standard InChI is InChI=1S/C26H36FN3.2ClH/c1-24-11-18-12-25(2,15-24)17-26(13-18,16-24)28-7-9-30-22-5-4-19(27)10-20(22)21-14-29(3)8-6-23(21)30;;/h4-5,10,18,28H,6-9,11-17H2,1-3H3;2*1H. The molecule has 2 aromatic rings. The highest BCUT2D eigenvalue weighted by atomic mass is 35.5. The topological polar surface area (TPSA) is 20.2 Å². The number of aromatic nitrogens is 1. The first-order valence-electron chi connectivity index (χ1n) is 12.0. The Kier molecular flexibility index (Phi) is 6.19. The van der Waals surface area contributed by atoms with Crippen LogP contribution < -0.4 is 5.32 Å². The van der Waals surface area contributed by atoms with Crippen molar-refractivity contribution in [1.29, 1.82) is 0 Å². The second-order valence-electron chi connectivity index (χ2n) is 12.1. The minimum Gasteiger partial charge on any atom is -0.343 e. The van der Waals surface area contributed by atoms with Crippen LogP contribution in [0.15, 0.2) is 18.2 Å². The fourth-order valence-electron chi connectivity index (χ4n) is 8.89. The quantitative estimate of drug-likeness (QED) is 0.581. The molecule has 5 aliphatic rings. The Morgan fingerprint density at radius 3 is 2.47 bits per heavy atom. The maximum atomic E-state index is 14.0. The molecule has 4 saturated carbocycles. The Balaban J connectivity index is 0.00000122. The number of likely N-dealkylation sites (N-methyl/N-ethyl adjacent to an activating group) is 1. The Morgan fingerprint density at radius 2 is 1.78 bits per heavy atom. The van der Waals surface area contributed by atoms with Crippen molar-refractivity contribution in [3.63, 3.8) is 0 Å². The molecule has 2 heterocycles. The molecule has 1 aliphatic heterocycles. The van der Waals surface area contributed by atoms with Crippen molar-refractivity contribution in [2.75, 3.05) is 20.1 Å². The molecule has 0 amide bonds. The van der Waals surface area contributed by atoms with Crippen LogP contribution in [-0.4, -0.2) is 35.1 Å². The summed E-state index contributed by atoms with van der Waals surface area (Å²) in [7, 11) is 2.17. The van der Waals surface area contributed by atoms with Crippen molar-refractivity contribution in [2.45, 2.75) is 77.4 Å². The average Bonchev–Trinajstić information content (AvgIpc) is 2.91. The second-order valence-corrected chi connectivity index (χ2v) is 12.1. The van der Waals surface area contributed by atoms with E-state index in [-0.39, 0.29) is 30.6 Å². The Bertz CT molecular complexity index is 1000. The van der Waals surface area contributed by atoms with Crippen LogP contribution in [0.4, 0.5) is 4.39 Å². The van der Waals surface area contributed by atoms with Crippen LogP contribution in [0.2, 0.25) is 0 Å². The Labute approximate surface area is 204 Å². The fourth-order valence-corrected chi connectivity index (χ4v) is 8.89. The van der Waals surface area contributed by atoms with Gasteiger partial charge in [0.05, 0.1) is 0 Å². The molecule has 0 spiro atoms. The van der Waals surface area contributed by atoms with Gasteiger partial charge in [-0.05, 0) is 86.1 Å². The number of halogens is 3. The molecule has 2 atom stereocenters. The normalized spacial score (nSPS) is 35.4. The molecule has 6 heteroatoms. The first-order valence-corrected chi connectivity index (χ1v) is 12.0. The van der Waals surface area contributed by atoms with Gasteiger partial charge in [-0.15, -0.1) is 24.8 Å². The van der Waals surface area contributed by atoms with E-state index in [1.807, 2.05) is 6.07 Å². The number of benzene rings is 1. The molecule has 1 N–H and O–H groups in total. The first-order chi connectivity index (χ1) is 14.3. The molecule has 4 aliphatic carbocycles. The minimum atomic E-state index is -0.121. The summed E-state index contributed by atoms with van der Waals surface area (Å²) in [6.07, 6.45) is 9.46. The van der Waals surface area contributed by atoms with Gasteiger partial charge >= 0.3 is 0 Å². The lowest BCUT2D eigenvalue weighted by Gasteiger charge is -2.65. The van der Waals surface area contributed by atoms with Crippen LogP contribution in [-0.2, 0) is 19.5 Å². The lowest BCUT2D eigenvalue weighted by Crippen LogP contribution is -2.64. The molecule has 178 valence electrons. The summed E-state index contributed by atoms with van der Waals surface area (Å²) in [6, 6.07) is 5.37. The van der Waals surface area contributed by atoms with Crippen LogP contribution in [0.25, 0.3) is 10.9 Å². The summed E-state index contributed by atoms with van der Waals surface area (Å²) in [5.74, 6) is 0.797. The van der Waals surface area contributed by atoms with E-state index in [1.54, 1.807) is 12.1 Å². The first kappa shape index (κ1) is 24.3. The molecule has 2 unspecified atom stereocenters. The van der Waals surface area contributed by atoms with Crippen molar-refractivity contribution in [2.24, 2.45) is 16.7 Å². The van der Waals surface area contributed by atoms with E-state index < -0.39 is 0 Å². The highest BCUT2D eigenvalue weighted by Gasteiger charge is 2.59. The molecule has 32 heavy (non-hydrogen) atoms. The van der Waals surface area contributed by atoms with E-state index in [2.05, 4.69) is 35.7 Å². The number of rotatable bonds is 4. The van der Waals surface area contributed by atoms with E-state index in [0.717, 1.165) is 43.9 Å². The molecule has 1 aromatic heterocycles. The van der Waals surface area contributed by atoms with Crippen molar-refractivity contribution >= 4 is 35.7 Å². The summed E-state index contributed by atoms with van der Waals surface area (Å²) < 4.78 is 16.5. The lowest BCUT2D eigenvalue weighted by atomic mass is 9.43. The average molecular weight is 483 g/mol. The predicted molar refractivity (Wildman–Crippen MR) is 135 cm³/mol. The molecule has 1 aromatic carbocycles. The van der Waals surface area contributed by atoms with Gasteiger partial charge in [-0.3, -0.25) is 0 Å². The number of hydrogen-bond acceptors (Lipinski definition) is 2. The zero-order valence-electron chi connectivity index (χ0n) is 19.7. The van der Waals surface area contributed by atoms with Crippen molar-refractivity contribution < 1.29 is 4.39 Å². The second kappa shape index (κ2) is 8.15. The van der Waals surface area contributed by atoms with Crippen LogP contribution in [0.1, 0.15) is 63.6 Å². The van der Waals surface area contributed by atoms with Gasteiger partial charge in [-0.25, -0.2) is 4.39 Å². The summed E-state index contributed by atoms with van der Waals surface area (Å²) in [6.45, 7) is 9.11. The van der Waals surface area contributed by atoms with Crippen LogP contribution in [0.3, 0.4) is 0 Å². The van der Waals surface area contributed by atoms with Gasteiger partial charge in [0.15, 0.2) is 0 Å². The van der Waals surface area contributed by atoms with Gasteiger partial charge in [-0.2, -0.15) is 0 Å². The predicted octanol–water partition coefficient (Wildman–Crippen LogP) is 5.95. The Morgan fingerprint density at radius 1 is 1.06 bits per heavy atom. The van der Waals surface area contributed by atoms with Gasteiger partial charge < -0.3 is 14.8 Å². The van der Waals surface area contributed by atoms with Crippen molar-refractivity contribution in [1.82, 2.24) is 14.8 Å². The maximum absolute atomic E-state index is 14.0. The van der Waals surface area contributed by atoms with E-state index in [9.17, 15) is 4.39 Å². The van der Waals surface area contributed by atoms with Crippen molar-refractivity contribution in [3.8, 4) is 0 Å². The van der Waals surface area contributed by atoms with Gasteiger partial charge in [0.1, 0.15) is 5.82 Å². The molecule has 3 nitrogen and oxygen atoms in total. The largest absolute Gasteiger partial charge is 0.343 e. The third kappa shape index (κ3) is 3.89. The highest BCUT2D eigenvalue weighted by Crippen LogP contribution is 2.66. The lowest BCUT2D eigenvalue weighted by molar-refractivity contribution is -0.117. The smallest absolute Gasteiger partial charge is 0.123 e. The van der Waals surface area contributed by atoms with Gasteiger partial charge in [0, 0.05) is 54.7 Å². The minimum absolute atomic E-state index is 0. The third-order valence-corrected chi connectivity index (χ3v) is 8.87. The molecule has 4 bridgehead atoms. The monoisotopic (exact) mass is 481 g/mol. The maximum Gasteiger partial charge on any atom is 0.123 e. The summed E-state index contributed by atoms with van der Waals surface area (Å²) in [5, 5.41) is 5.22. The van der Waals surface area contributed by atoms with Gasteiger partial charge in [0.25, 0.3) is 0 Å². The number of nitrogens with zero attached hydrogens (tertiary/aromatic N) is 2. The summed E-state index contributed by atoms with van der Waals surface area (Å²) in [4.78, 5) is 2.35. The number of nitrogens with one attached hydrogen (secondary N) is 1. The van der Waals surface area contributed by atoms with Crippen LogP contribution in [0.5, 0.6) is 0 Å². The molecular weight excluding hydrogens is 444 g/mol. The molecule has 7 rings (SSSR count). The third-order valence-electron chi connectivity index (χ3n) is 8.87. The summed E-state index contributed by atoms with van der Waals surface area (Å²) >= 11 is 0. The van der Waals surface area contributed by atoms with Gasteiger partial charge in [0.2, 0.25) is 0 Å². The fraction of sp³-hybridized carbons (Fsp3) is 0.692. The number of fused-ring (bicyclic) bond motifs is 3. The number of hydrogen-bond donors (Lipinski definition) is 1. The molecule has 4 fully saturated rings. The zero-order valence-corrected chi connectivity index (χ0v) is 21.3. The highest BCUT2D eigenvalue weighted by molar-refractivity contribution is 5.86. The molecular formula is C26H38Cl2FN3. The molecule has 0 saturated heterocycles. The van der Waals surface area contributed by atoms with Crippen LogP contribution >= 0.6 is 24.8 Å². The van der Waals surface area contributed by atoms with Gasteiger partial charge in [-0.1, -0.05) is 13.8 Å². The van der Waals surface area contributed by atoms with E-state index in [4.69, 9.17) is 0 Å². The summed E-state index contributed by atoms with van der Waals surface area (Å²) in [5.41, 5.74) is 5.42. The zero-order chi connectivity index (χ0) is 20.7. The van der Waals surface area contributed by atoms with Crippen LogP contribution in [0, 0.1) is 22.6 Å². The van der Waals surface area contributed by atoms with Crippen molar-refractivity contribution in [3.05, 3.63) is 35.3 Å².